The Bertz CT molecular complexity index is 1660. The fraction of sp³-hybridized carbons (Fsp3) is 0.211. The lowest BCUT2D eigenvalue weighted by atomic mass is 10.2. The number of unbranched alkanes of at least 4 members (excludes halogenated alkanes) is 2. The zero-order valence-electron chi connectivity index (χ0n) is 27.2. The molecule has 0 fully saturated rings. The van der Waals surface area contributed by atoms with Gasteiger partial charge in [-0.15, -0.1) is 0 Å². The molecule has 0 saturated carbocycles. The van der Waals surface area contributed by atoms with Crippen LogP contribution in [-0.4, -0.2) is 50.2 Å². The molecule has 3 rings (SSSR count). The molecule has 0 spiro atoms. The van der Waals surface area contributed by atoms with Gasteiger partial charge in [0.15, 0.2) is 11.6 Å². The summed E-state index contributed by atoms with van der Waals surface area (Å²) in [4.78, 5) is 46.6. The minimum atomic E-state index is -1.13. The fourth-order valence-corrected chi connectivity index (χ4v) is 3.98. The number of amides is 1. The topological polar surface area (TPSA) is 126 Å². The molecule has 0 aliphatic carbocycles. The molecule has 1 N–H and O–H groups in total. The lowest BCUT2D eigenvalue weighted by Crippen LogP contribution is -2.12. The van der Waals surface area contributed by atoms with Crippen LogP contribution in [0.3, 0.4) is 0 Å². The Kier molecular flexibility index (Phi) is 16.2. The largest absolute Gasteiger partial charge is 0.494 e. The number of carbonyl (C=O) groups is 4. The van der Waals surface area contributed by atoms with Gasteiger partial charge >= 0.3 is 17.9 Å². The highest BCUT2D eigenvalue weighted by Gasteiger charge is 2.15. The summed E-state index contributed by atoms with van der Waals surface area (Å²) >= 11 is 0. The first kappa shape index (κ1) is 38.4. The van der Waals surface area contributed by atoms with Crippen molar-refractivity contribution in [3.63, 3.8) is 0 Å². The summed E-state index contributed by atoms with van der Waals surface area (Å²) in [6.07, 6.45) is 9.97. The van der Waals surface area contributed by atoms with E-state index in [1.54, 1.807) is 48.5 Å². The molecule has 0 saturated heterocycles. The van der Waals surface area contributed by atoms with Crippen molar-refractivity contribution in [2.45, 2.75) is 25.7 Å². The molecule has 0 bridgehead atoms. The van der Waals surface area contributed by atoms with Gasteiger partial charge in [-0.25, -0.2) is 23.2 Å². The van der Waals surface area contributed by atoms with Crippen molar-refractivity contribution in [3.05, 3.63) is 121 Å². The summed E-state index contributed by atoms with van der Waals surface area (Å²) in [6.45, 7) is 8.05. The van der Waals surface area contributed by atoms with E-state index in [1.165, 1.54) is 12.2 Å². The van der Waals surface area contributed by atoms with Crippen LogP contribution in [-0.2, 0) is 28.7 Å². The van der Waals surface area contributed by atoms with Gasteiger partial charge in [-0.3, -0.25) is 4.79 Å². The molecule has 50 heavy (non-hydrogen) atoms. The summed E-state index contributed by atoms with van der Waals surface area (Å²) in [5, 5.41) is 2.15. The van der Waals surface area contributed by atoms with Crippen LogP contribution in [0, 0.1) is 11.6 Å². The molecule has 10 nitrogen and oxygen atoms in total. The van der Waals surface area contributed by atoms with Crippen LogP contribution in [0.5, 0.6) is 17.2 Å². The Hall–Kier alpha value is -6.04. The molecule has 3 aromatic rings. The minimum Gasteiger partial charge on any atom is -0.494 e. The number of hydrogen-bond acceptors (Lipinski definition) is 9. The van der Waals surface area contributed by atoms with Crippen LogP contribution < -0.4 is 19.5 Å². The molecule has 0 radical (unpaired) electrons. The third-order valence-corrected chi connectivity index (χ3v) is 6.52. The van der Waals surface area contributed by atoms with Crippen molar-refractivity contribution in [2.75, 3.05) is 31.7 Å². The summed E-state index contributed by atoms with van der Waals surface area (Å²) in [7, 11) is 0. The second-order valence-electron chi connectivity index (χ2n) is 10.3. The van der Waals surface area contributed by atoms with Crippen molar-refractivity contribution in [3.8, 4) is 17.2 Å². The Morgan fingerprint density at radius 1 is 0.600 bits per heavy atom. The predicted molar refractivity (Wildman–Crippen MR) is 183 cm³/mol. The number of nitrogens with one attached hydrogen (secondary N) is 1. The second-order valence-corrected chi connectivity index (χ2v) is 10.3. The van der Waals surface area contributed by atoms with Crippen LogP contribution in [0.15, 0.2) is 98.1 Å². The summed E-state index contributed by atoms with van der Waals surface area (Å²) < 4.78 is 55.4. The normalized spacial score (nSPS) is 10.8. The highest BCUT2D eigenvalue weighted by molar-refractivity contribution is 6.02. The maximum absolute atomic E-state index is 14.7. The molecule has 0 aromatic heterocycles. The fourth-order valence-electron chi connectivity index (χ4n) is 3.98. The Labute approximate surface area is 288 Å². The first-order valence-corrected chi connectivity index (χ1v) is 15.6. The average Bonchev–Trinajstić information content (AvgIpc) is 3.11. The molecule has 1 amide bonds. The van der Waals surface area contributed by atoms with Crippen molar-refractivity contribution in [2.24, 2.45) is 0 Å². The predicted octanol–water partition coefficient (Wildman–Crippen LogP) is 7.01. The zero-order chi connectivity index (χ0) is 36.1. The maximum atomic E-state index is 14.7. The number of anilines is 1. The quantitative estimate of drug-likeness (QED) is 0.0577. The Morgan fingerprint density at radius 3 is 1.50 bits per heavy atom. The van der Waals surface area contributed by atoms with Crippen molar-refractivity contribution in [1.82, 2.24) is 0 Å². The van der Waals surface area contributed by atoms with E-state index in [4.69, 9.17) is 23.7 Å². The SMILES string of the molecule is C=CC(=O)OCCCCOc1ccc(/C=C/C(=O)Nc2c(F)cc(OC(=O)/C=C/c3ccc(OCCCCOC(=O)C=C)cc3)cc2F)cc1. The van der Waals surface area contributed by atoms with Crippen molar-refractivity contribution >= 4 is 41.7 Å². The number of rotatable bonds is 20. The molecule has 0 heterocycles. The van der Waals surface area contributed by atoms with E-state index >= 15 is 0 Å². The molecule has 0 aliphatic heterocycles. The van der Waals surface area contributed by atoms with Gasteiger partial charge in [-0.2, -0.15) is 0 Å². The lowest BCUT2D eigenvalue weighted by molar-refractivity contribution is -0.138. The molecule has 0 atom stereocenters. The zero-order valence-corrected chi connectivity index (χ0v) is 27.2. The molecule has 3 aromatic carbocycles. The van der Waals surface area contributed by atoms with Crippen LogP contribution in [0.1, 0.15) is 36.8 Å². The van der Waals surface area contributed by atoms with Gasteiger partial charge in [0.1, 0.15) is 22.9 Å². The van der Waals surface area contributed by atoms with E-state index in [-0.39, 0.29) is 19.0 Å². The first-order chi connectivity index (χ1) is 24.2. The molecule has 12 heteroatoms. The van der Waals surface area contributed by atoms with E-state index in [0.717, 1.165) is 36.4 Å². The number of esters is 3. The van der Waals surface area contributed by atoms with E-state index in [0.29, 0.717) is 61.5 Å². The smallest absolute Gasteiger partial charge is 0.336 e. The van der Waals surface area contributed by atoms with Gasteiger partial charge in [0.25, 0.3) is 0 Å². The number of carbonyl (C=O) groups excluding carboxylic acids is 4. The Morgan fingerprint density at radius 2 is 1.04 bits per heavy atom. The number of benzene rings is 3. The third kappa shape index (κ3) is 14.4. The van der Waals surface area contributed by atoms with E-state index in [2.05, 4.69) is 18.5 Å². The van der Waals surface area contributed by atoms with Gasteiger partial charge in [0.05, 0.1) is 26.4 Å². The van der Waals surface area contributed by atoms with E-state index < -0.39 is 41.1 Å². The molecule has 0 unspecified atom stereocenters. The minimum absolute atomic E-state index is 0.278. The molecular weight excluding hydrogens is 652 g/mol. The standard InChI is InChI=1S/C38H37F2NO9/c1-3-35(43)48-23-7-5-21-46-29-15-9-27(10-16-29)13-19-34(42)41-38-32(39)25-31(26-33(38)40)50-37(45)20-14-28-11-17-30(18-12-28)47-22-6-8-24-49-36(44)4-2/h3-4,9-20,25-26H,1-2,5-8,21-24H2,(H,41,42)/b19-13+,20-14+. The van der Waals surface area contributed by atoms with E-state index in [9.17, 15) is 28.0 Å². The van der Waals surface area contributed by atoms with Crippen molar-refractivity contribution in [1.29, 1.82) is 0 Å². The van der Waals surface area contributed by atoms with Crippen LogP contribution in [0.25, 0.3) is 12.2 Å². The van der Waals surface area contributed by atoms with E-state index in [1.807, 2.05) is 0 Å². The lowest BCUT2D eigenvalue weighted by Gasteiger charge is -2.08. The first-order valence-electron chi connectivity index (χ1n) is 15.6. The summed E-state index contributed by atoms with van der Waals surface area (Å²) in [5.74, 6) is -4.03. The molecule has 262 valence electrons. The number of hydrogen-bond donors (Lipinski definition) is 1. The Balaban J connectivity index is 1.41. The molecular formula is C38H37F2NO9. The summed E-state index contributed by atoms with van der Waals surface area (Å²) in [6, 6.07) is 15.2. The second kappa shape index (κ2) is 21.0. The average molecular weight is 690 g/mol. The third-order valence-electron chi connectivity index (χ3n) is 6.52. The van der Waals surface area contributed by atoms with Crippen LogP contribution >= 0.6 is 0 Å². The van der Waals surface area contributed by atoms with Crippen molar-refractivity contribution < 1.29 is 51.6 Å². The van der Waals surface area contributed by atoms with Gasteiger partial charge < -0.3 is 29.0 Å². The van der Waals surface area contributed by atoms with Crippen LogP contribution in [0.2, 0.25) is 0 Å². The monoisotopic (exact) mass is 689 g/mol. The highest BCUT2D eigenvalue weighted by Crippen LogP contribution is 2.25. The van der Waals surface area contributed by atoms with Gasteiger partial charge in [-0.05, 0) is 73.2 Å². The molecule has 0 aliphatic rings. The van der Waals surface area contributed by atoms with Gasteiger partial charge in [-0.1, -0.05) is 37.4 Å². The number of ether oxygens (including phenoxy) is 5. The maximum Gasteiger partial charge on any atom is 0.336 e. The van der Waals surface area contributed by atoms with Crippen LogP contribution in [0.4, 0.5) is 14.5 Å². The highest BCUT2D eigenvalue weighted by atomic mass is 19.1. The van der Waals surface area contributed by atoms with Gasteiger partial charge in [0, 0.05) is 36.4 Å². The summed E-state index contributed by atoms with van der Waals surface area (Å²) in [5.41, 5.74) is 0.592. The number of halogens is 2. The van der Waals surface area contributed by atoms with Gasteiger partial charge in [0.2, 0.25) is 5.91 Å².